The molecule has 0 saturated carbocycles. The maximum Gasteiger partial charge on any atom is 0.417 e. The largest absolute Gasteiger partial charge is 0.507 e. The van der Waals surface area contributed by atoms with E-state index in [1.165, 1.54) is 11.6 Å². The first kappa shape index (κ1) is 19.1. The van der Waals surface area contributed by atoms with Crippen LogP contribution in [-0.2, 0) is 14.1 Å². The van der Waals surface area contributed by atoms with Crippen LogP contribution in [0.5, 0.6) is 5.75 Å². The average Bonchev–Trinajstić information content (AvgIpc) is 3.07. The van der Waals surface area contributed by atoms with Crippen molar-refractivity contribution in [3.63, 3.8) is 0 Å². The molecule has 5 rings (SSSR count). The number of aliphatic hydroxyl groups is 1. The van der Waals surface area contributed by atoms with Gasteiger partial charge >= 0.3 is 5.69 Å². The molecule has 1 aliphatic heterocycles. The molecule has 2 aliphatic rings. The molecule has 0 radical (unpaired) electrons. The number of nitrogens with zero attached hydrogens (tertiary/aromatic N) is 2. The number of aliphatic hydroxyl groups excluding tert-OH is 1. The third-order valence-corrected chi connectivity index (χ3v) is 6.00. The van der Waals surface area contributed by atoms with E-state index in [4.69, 9.17) is 4.74 Å². The van der Waals surface area contributed by atoms with Crippen LogP contribution >= 0.6 is 0 Å². The van der Waals surface area contributed by atoms with E-state index in [2.05, 4.69) is 4.99 Å². The van der Waals surface area contributed by atoms with Crippen molar-refractivity contribution in [2.45, 2.75) is 12.8 Å². The molecule has 0 saturated heterocycles. The molecule has 1 aromatic heterocycles. The summed E-state index contributed by atoms with van der Waals surface area (Å²) < 4.78 is 8.23. The van der Waals surface area contributed by atoms with Gasteiger partial charge in [-0.05, 0) is 30.7 Å². The van der Waals surface area contributed by atoms with Gasteiger partial charge in [-0.25, -0.2) is 14.4 Å². The Balaban J connectivity index is 1.90. The second-order valence-electron chi connectivity index (χ2n) is 7.71. The van der Waals surface area contributed by atoms with Gasteiger partial charge in [-0.15, -0.1) is 0 Å². The Hall–Kier alpha value is -3.87. The van der Waals surface area contributed by atoms with E-state index >= 15 is 0 Å². The van der Waals surface area contributed by atoms with Crippen LogP contribution in [0.15, 0.2) is 63.7 Å². The molecular weight excluding hydrogens is 394 g/mol. The van der Waals surface area contributed by atoms with Gasteiger partial charge in [0, 0.05) is 18.2 Å². The molecule has 1 atom stereocenters. The van der Waals surface area contributed by atoms with Gasteiger partial charge in [0.1, 0.15) is 22.8 Å². The van der Waals surface area contributed by atoms with Crippen LogP contribution in [0.25, 0.3) is 5.76 Å². The van der Waals surface area contributed by atoms with E-state index in [9.17, 15) is 14.7 Å². The minimum absolute atomic E-state index is 0.131. The smallest absolute Gasteiger partial charge is 0.417 e. The first-order valence-electron chi connectivity index (χ1n) is 10.1. The molecule has 7 nitrogen and oxygen atoms in total. The Morgan fingerprint density at radius 3 is 2.52 bits per heavy atom. The molecule has 3 aromatic rings. The normalized spacial score (nSPS) is 16.5. The third kappa shape index (κ3) is 2.63. The highest BCUT2D eigenvalue weighted by molar-refractivity contribution is 6.21. The van der Waals surface area contributed by atoms with Gasteiger partial charge in [0.25, 0.3) is 11.4 Å². The van der Waals surface area contributed by atoms with Gasteiger partial charge in [-0.2, -0.15) is 4.57 Å². The lowest BCUT2D eigenvalue weighted by Crippen LogP contribution is -2.73. The standard InChI is InChI=1S/C24H21N3O4/c1-4-31-14-9-7-8-13(12-14)17-18-20(15-10-5-6-11-16(15)21(18)28)25-22-19(17)23(29)27(3)24(30)26(22)2/h5-12,17,28H,4H2,1-3H3/p+1. The summed E-state index contributed by atoms with van der Waals surface area (Å²) in [5, 5.41) is 11.2. The Kier molecular flexibility index (Phi) is 4.22. The topological polar surface area (TPSA) is 87.4 Å². The van der Waals surface area contributed by atoms with E-state index in [0.717, 1.165) is 15.7 Å². The summed E-state index contributed by atoms with van der Waals surface area (Å²) >= 11 is 0. The monoisotopic (exact) mass is 416 g/mol. The maximum absolute atomic E-state index is 13.3. The molecule has 156 valence electrons. The summed E-state index contributed by atoms with van der Waals surface area (Å²) in [5.74, 6) is 0.679. The fraction of sp³-hybridized carbons (Fsp3) is 0.208. The minimum atomic E-state index is -0.565. The van der Waals surface area contributed by atoms with Crippen molar-refractivity contribution < 1.29 is 14.8 Å². The van der Waals surface area contributed by atoms with Gasteiger partial charge in [0.2, 0.25) is 0 Å². The Morgan fingerprint density at radius 1 is 1.03 bits per heavy atom. The number of rotatable bonds is 3. The van der Waals surface area contributed by atoms with E-state index < -0.39 is 17.2 Å². The summed E-state index contributed by atoms with van der Waals surface area (Å²) in [6.07, 6.45) is 0. The molecule has 0 amide bonds. The van der Waals surface area contributed by atoms with Crippen LogP contribution in [0.3, 0.4) is 0 Å². The number of fused-ring (bicyclic) bond motifs is 4. The van der Waals surface area contributed by atoms with Gasteiger partial charge in [-0.1, -0.05) is 30.3 Å². The Labute approximate surface area is 178 Å². The Bertz CT molecular complexity index is 1430. The fourth-order valence-corrected chi connectivity index (χ4v) is 4.56. The van der Waals surface area contributed by atoms with Crippen LogP contribution in [0.4, 0.5) is 5.82 Å². The zero-order chi connectivity index (χ0) is 21.9. The van der Waals surface area contributed by atoms with Gasteiger partial charge < -0.3 is 9.84 Å². The van der Waals surface area contributed by atoms with E-state index in [1.807, 2.05) is 55.5 Å². The third-order valence-electron chi connectivity index (χ3n) is 6.00. The number of aromatic nitrogens is 2. The summed E-state index contributed by atoms with van der Waals surface area (Å²) in [7, 11) is 3.10. The highest BCUT2D eigenvalue weighted by Gasteiger charge is 2.44. The van der Waals surface area contributed by atoms with Crippen molar-refractivity contribution in [1.29, 1.82) is 0 Å². The average molecular weight is 416 g/mol. The predicted molar refractivity (Wildman–Crippen MR) is 117 cm³/mol. The molecule has 0 spiro atoms. The quantitative estimate of drug-likeness (QED) is 0.670. The van der Waals surface area contributed by atoms with E-state index in [-0.39, 0.29) is 5.76 Å². The first-order chi connectivity index (χ1) is 14.9. The molecule has 2 N–H and O–H groups in total. The van der Waals surface area contributed by atoms with Crippen molar-refractivity contribution >= 4 is 17.3 Å². The highest BCUT2D eigenvalue weighted by atomic mass is 16.5. The summed E-state index contributed by atoms with van der Waals surface area (Å²) in [5.41, 5.74) is 3.26. The van der Waals surface area contributed by atoms with Crippen LogP contribution < -0.4 is 21.0 Å². The minimum Gasteiger partial charge on any atom is -0.507 e. The number of hydrogen-bond acceptors (Lipinski definition) is 4. The first-order valence-corrected chi connectivity index (χ1v) is 10.1. The summed E-state index contributed by atoms with van der Waals surface area (Å²) in [4.78, 5) is 29.2. The molecular formula is C24H22N3O4+. The van der Waals surface area contributed by atoms with E-state index in [0.29, 0.717) is 40.6 Å². The molecule has 31 heavy (non-hydrogen) atoms. The van der Waals surface area contributed by atoms with Gasteiger partial charge in [0.05, 0.1) is 25.1 Å². The number of ether oxygens (including phenoxy) is 1. The van der Waals surface area contributed by atoms with Crippen LogP contribution in [-0.4, -0.2) is 26.6 Å². The SMILES string of the molecule is CCOc1cccc(C2C3=C(O)c4ccccc4C3=[NH+]c3c2c(=O)n(C)c(=O)n3C)c1. The summed E-state index contributed by atoms with van der Waals surface area (Å²) in [6, 6.07) is 15.0. The number of hydrogen-bond donors (Lipinski definition) is 2. The van der Waals surface area contributed by atoms with Crippen molar-refractivity contribution in [3.05, 3.63) is 97.2 Å². The van der Waals surface area contributed by atoms with Crippen LogP contribution in [0.2, 0.25) is 0 Å². The highest BCUT2D eigenvalue weighted by Crippen LogP contribution is 2.43. The fourth-order valence-electron chi connectivity index (χ4n) is 4.56. The van der Waals surface area contributed by atoms with Crippen molar-refractivity contribution in [2.75, 3.05) is 6.61 Å². The van der Waals surface area contributed by atoms with E-state index in [1.54, 1.807) is 7.05 Å². The molecule has 1 aliphatic carbocycles. The second-order valence-corrected chi connectivity index (χ2v) is 7.71. The number of benzene rings is 2. The maximum atomic E-state index is 13.3. The number of nitrogens with one attached hydrogen (secondary N) is 1. The zero-order valence-electron chi connectivity index (χ0n) is 17.5. The molecule has 1 unspecified atom stereocenters. The molecule has 2 aromatic carbocycles. The lowest BCUT2D eigenvalue weighted by molar-refractivity contribution is -0.364. The summed E-state index contributed by atoms with van der Waals surface area (Å²) in [6.45, 7) is 2.42. The van der Waals surface area contributed by atoms with Gasteiger partial charge in [0.15, 0.2) is 0 Å². The molecule has 2 heterocycles. The number of allylic oxidation sites excluding steroid dienone is 1. The van der Waals surface area contributed by atoms with Gasteiger partial charge in [-0.3, -0.25) is 4.79 Å². The molecule has 0 bridgehead atoms. The van der Waals surface area contributed by atoms with Crippen molar-refractivity contribution in [1.82, 2.24) is 9.13 Å². The molecule has 0 fully saturated rings. The van der Waals surface area contributed by atoms with Crippen molar-refractivity contribution in [2.24, 2.45) is 14.1 Å². The van der Waals surface area contributed by atoms with Crippen molar-refractivity contribution in [3.8, 4) is 5.75 Å². The Morgan fingerprint density at radius 2 is 1.77 bits per heavy atom. The lowest BCUT2D eigenvalue weighted by atomic mass is 9.81. The van der Waals surface area contributed by atoms with Crippen LogP contribution in [0.1, 0.15) is 35.1 Å². The lowest BCUT2D eigenvalue weighted by Gasteiger charge is -2.24. The predicted octanol–water partition coefficient (Wildman–Crippen LogP) is 1.11. The molecule has 7 heteroatoms. The van der Waals surface area contributed by atoms with Crippen LogP contribution in [0, 0.1) is 0 Å². The second kappa shape index (κ2) is 6.84. The zero-order valence-corrected chi connectivity index (χ0v) is 17.5.